The second-order valence-electron chi connectivity index (χ2n) is 5.19. The van der Waals surface area contributed by atoms with E-state index in [1.807, 2.05) is 0 Å². The molecule has 0 amide bonds. The first-order valence-electron chi connectivity index (χ1n) is 7.49. The molecule has 0 spiro atoms. The maximum atomic E-state index is 4.54. The first kappa shape index (κ1) is 15.2. The van der Waals surface area contributed by atoms with Crippen LogP contribution in [0.1, 0.15) is 48.5 Å². The smallest absolute Gasteiger partial charge is 0.0928 e. The van der Waals surface area contributed by atoms with E-state index in [-0.39, 0.29) is 0 Å². The minimum atomic E-state index is 0.470. The van der Waals surface area contributed by atoms with Crippen molar-refractivity contribution < 1.29 is 0 Å². The van der Waals surface area contributed by atoms with E-state index < -0.39 is 0 Å². The number of rotatable bonds is 8. The summed E-state index contributed by atoms with van der Waals surface area (Å²) in [5.74, 6) is 0. The Labute approximate surface area is 126 Å². The third kappa shape index (κ3) is 4.73. The van der Waals surface area contributed by atoms with Gasteiger partial charge in [-0.15, -0.1) is 11.3 Å². The Morgan fingerprint density at radius 1 is 1.25 bits per heavy atom. The number of thiazole rings is 1. The SMILES string of the molecule is CCCNC(CCCc1nc(C)cs1)c1ccccc1. The van der Waals surface area contributed by atoms with Crippen molar-refractivity contribution in [1.29, 1.82) is 0 Å². The number of nitrogens with zero attached hydrogens (tertiary/aromatic N) is 1. The van der Waals surface area contributed by atoms with Gasteiger partial charge in [0.1, 0.15) is 0 Å². The number of hydrogen-bond acceptors (Lipinski definition) is 3. The summed E-state index contributed by atoms with van der Waals surface area (Å²) >= 11 is 1.78. The summed E-state index contributed by atoms with van der Waals surface area (Å²) in [5, 5.41) is 7.07. The van der Waals surface area contributed by atoms with Gasteiger partial charge in [0.25, 0.3) is 0 Å². The number of benzene rings is 1. The van der Waals surface area contributed by atoms with Crippen molar-refractivity contribution in [2.45, 2.75) is 45.6 Å². The second-order valence-corrected chi connectivity index (χ2v) is 6.13. The van der Waals surface area contributed by atoms with E-state index >= 15 is 0 Å². The van der Waals surface area contributed by atoms with Gasteiger partial charge in [-0.05, 0) is 44.7 Å². The standard InChI is InChI=1S/C17H24N2S/c1-3-12-18-16(15-8-5-4-6-9-15)10-7-11-17-19-14(2)13-20-17/h4-6,8-9,13,16,18H,3,7,10-12H2,1-2H3. The zero-order valence-corrected chi connectivity index (χ0v) is 13.2. The molecule has 0 aliphatic carbocycles. The predicted octanol–water partition coefficient (Wildman–Crippen LogP) is 4.52. The third-order valence-corrected chi connectivity index (χ3v) is 4.42. The largest absolute Gasteiger partial charge is 0.310 e. The molecule has 0 fully saturated rings. The van der Waals surface area contributed by atoms with Gasteiger partial charge >= 0.3 is 0 Å². The fraction of sp³-hybridized carbons (Fsp3) is 0.471. The Kier molecular flexibility index (Phi) is 6.22. The second kappa shape index (κ2) is 8.18. The molecule has 1 N–H and O–H groups in total. The molecule has 0 aliphatic rings. The molecule has 0 radical (unpaired) electrons. The summed E-state index contributed by atoms with van der Waals surface area (Å²) in [5.41, 5.74) is 2.55. The maximum absolute atomic E-state index is 4.54. The Bertz CT molecular complexity index is 493. The van der Waals surface area contributed by atoms with Crippen LogP contribution in [-0.2, 0) is 6.42 Å². The van der Waals surface area contributed by atoms with Crippen LogP contribution in [0.5, 0.6) is 0 Å². The quantitative estimate of drug-likeness (QED) is 0.772. The summed E-state index contributed by atoms with van der Waals surface area (Å²) in [4.78, 5) is 4.54. The van der Waals surface area contributed by atoms with Gasteiger partial charge in [0, 0.05) is 17.1 Å². The zero-order chi connectivity index (χ0) is 14.2. The van der Waals surface area contributed by atoms with Crippen LogP contribution < -0.4 is 5.32 Å². The van der Waals surface area contributed by atoms with Crippen molar-refractivity contribution in [3.8, 4) is 0 Å². The summed E-state index contributed by atoms with van der Waals surface area (Å²) in [6.07, 6.45) is 4.62. The normalized spacial score (nSPS) is 12.5. The van der Waals surface area contributed by atoms with Crippen LogP contribution in [0.25, 0.3) is 0 Å². The number of nitrogens with one attached hydrogen (secondary N) is 1. The Morgan fingerprint density at radius 2 is 2.05 bits per heavy atom. The summed E-state index contributed by atoms with van der Waals surface area (Å²) in [7, 11) is 0. The van der Waals surface area contributed by atoms with E-state index in [4.69, 9.17) is 0 Å². The summed E-state index contributed by atoms with van der Waals surface area (Å²) < 4.78 is 0. The highest BCUT2D eigenvalue weighted by Gasteiger charge is 2.10. The lowest BCUT2D eigenvalue weighted by Crippen LogP contribution is -2.22. The molecule has 2 rings (SSSR count). The molecule has 3 heteroatoms. The Balaban J connectivity index is 1.87. The number of aryl methyl sites for hydroxylation is 2. The van der Waals surface area contributed by atoms with Crippen LogP contribution in [0.3, 0.4) is 0 Å². The van der Waals surface area contributed by atoms with Gasteiger partial charge in [-0.2, -0.15) is 0 Å². The highest BCUT2D eigenvalue weighted by atomic mass is 32.1. The predicted molar refractivity (Wildman–Crippen MR) is 87.3 cm³/mol. The van der Waals surface area contributed by atoms with Gasteiger partial charge in [-0.25, -0.2) is 4.98 Å². The minimum absolute atomic E-state index is 0.470. The molecule has 0 bridgehead atoms. The van der Waals surface area contributed by atoms with Crippen LogP contribution >= 0.6 is 11.3 Å². The highest BCUT2D eigenvalue weighted by Crippen LogP contribution is 2.20. The van der Waals surface area contributed by atoms with Crippen LogP contribution in [0.15, 0.2) is 35.7 Å². The zero-order valence-electron chi connectivity index (χ0n) is 12.4. The minimum Gasteiger partial charge on any atom is -0.310 e. The molecular formula is C17H24N2S. The van der Waals surface area contributed by atoms with Crippen molar-refractivity contribution in [2.24, 2.45) is 0 Å². The van der Waals surface area contributed by atoms with Gasteiger partial charge in [0.15, 0.2) is 0 Å². The van der Waals surface area contributed by atoms with Crippen molar-refractivity contribution in [3.63, 3.8) is 0 Å². The molecule has 108 valence electrons. The van der Waals surface area contributed by atoms with Crippen molar-refractivity contribution >= 4 is 11.3 Å². The van der Waals surface area contributed by atoms with E-state index in [0.717, 1.165) is 18.7 Å². The van der Waals surface area contributed by atoms with E-state index in [2.05, 4.69) is 59.9 Å². The molecule has 1 heterocycles. The molecule has 20 heavy (non-hydrogen) atoms. The van der Waals surface area contributed by atoms with Gasteiger partial charge in [-0.1, -0.05) is 37.3 Å². The van der Waals surface area contributed by atoms with E-state index in [1.54, 1.807) is 11.3 Å². The van der Waals surface area contributed by atoms with E-state index in [9.17, 15) is 0 Å². The maximum Gasteiger partial charge on any atom is 0.0928 e. The fourth-order valence-electron chi connectivity index (χ4n) is 2.37. The first-order valence-corrected chi connectivity index (χ1v) is 8.37. The molecule has 2 nitrogen and oxygen atoms in total. The van der Waals surface area contributed by atoms with Crippen molar-refractivity contribution in [1.82, 2.24) is 10.3 Å². The molecular weight excluding hydrogens is 264 g/mol. The van der Waals surface area contributed by atoms with E-state index in [1.165, 1.54) is 29.8 Å². The Hall–Kier alpha value is -1.19. The average molecular weight is 288 g/mol. The summed E-state index contributed by atoms with van der Waals surface area (Å²) in [6, 6.07) is 11.2. The molecule has 1 unspecified atom stereocenters. The number of aromatic nitrogens is 1. The summed E-state index contributed by atoms with van der Waals surface area (Å²) in [6.45, 7) is 5.36. The van der Waals surface area contributed by atoms with Crippen molar-refractivity contribution in [2.75, 3.05) is 6.54 Å². The van der Waals surface area contributed by atoms with Gasteiger partial charge in [0.05, 0.1) is 5.01 Å². The lowest BCUT2D eigenvalue weighted by Gasteiger charge is -2.18. The lowest BCUT2D eigenvalue weighted by molar-refractivity contribution is 0.484. The third-order valence-electron chi connectivity index (χ3n) is 3.39. The molecule has 1 aromatic carbocycles. The monoisotopic (exact) mass is 288 g/mol. The lowest BCUT2D eigenvalue weighted by atomic mass is 10.0. The first-order chi connectivity index (χ1) is 9.79. The molecule has 1 atom stereocenters. The number of hydrogen-bond donors (Lipinski definition) is 1. The van der Waals surface area contributed by atoms with Crippen LogP contribution in [-0.4, -0.2) is 11.5 Å². The van der Waals surface area contributed by atoms with Gasteiger partial charge in [0.2, 0.25) is 0 Å². The molecule has 0 saturated carbocycles. The van der Waals surface area contributed by atoms with Gasteiger partial charge < -0.3 is 5.32 Å². The highest BCUT2D eigenvalue weighted by molar-refractivity contribution is 7.09. The van der Waals surface area contributed by atoms with Crippen LogP contribution in [0.4, 0.5) is 0 Å². The fourth-order valence-corrected chi connectivity index (χ4v) is 3.18. The molecule has 0 saturated heterocycles. The van der Waals surface area contributed by atoms with Crippen molar-refractivity contribution in [3.05, 3.63) is 52.0 Å². The molecule has 2 aromatic rings. The Morgan fingerprint density at radius 3 is 2.70 bits per heavy atom. The van der Waals surface area contributed by atoms with Crippen LogP contribution in [0.2, 0.25) is 0 Å². The van der Waals surface area contributed by atoms with Crippen LogP contribution in [0, 0.1) is 6.92 Å². The van der Waals surface area contributed by atoms with Gasteiger partial charge in [-0.3, -0.25) is 0 Å². The molecule has 1 aromatic heterocycles. The topological polar surface area (TPSA) is 24.9 Å². The molecule has 0 aliphatic heterocycles. The average Bonchev–Trinajstić information content (AvgIpc) is 2.89. The van der Waals surface area contributed by atoms with E-state index in [0.29, 0.717) is 6.04 Å².